The van der Waals surface area contributed by atoms with Crippen molar-refractivity contribution in [2.45, 2.75) is 12.7 Å². The van der Waals surface area contributed by atoms with Crippen LogP contribution in [0.15, 0.2) is 6.07 Å². The van der Waals surface area contributed by atoms with E-state index in [-0.39, 0.29) is 0 Å². The van der Waals surface area contributed by atoms with Crippen LogP contribution in [0.3, 0.4) is 0 Å². The standard InChI is InChI=1S/C7H9ClN2S/c1-5-3-6(8)10-7(9-5)4-11-2/h3H,4H2,1-2H3. The zero-order valence-corrected chi connectivity index (χ0v) is 8.04. The van der Waals surface area contributed by atoms with Gasteiger partial charge in [0, 0.05) is 5.69 Å². The first-order valence-corrected chi connectivity index (χ1v) is 4.98. The summed E-state index contributed by atoms with van der Waals surface area (Å²) in [5.41, 5.74) is 0.925. The van der Waals surface area contributed by atoms with Gasteiger partial charge in [0.05, 0.1) is 5.75 Å². The molecular weight excluding hydrogens is 180 g/mol. The van der Waals surface area contributed by atoms with Gasteiger partial charge in [-0.15, -0.1) is 0 Å². The molecule has 0 saturated carbocycles. The molecule has 0 unspecified atom stereocenters. The van der Waals surface area contributed by atoms with Crippen molar-refractivity contribution in [1.29, 1.82) is 0 Å². The molecule has 0 aliphatic carbocycles. The van der Waals surface area contributed by atoms with E-state index in [0.29, 0.717) is 5.15 Å². The van der Waals surface area contributed by atoms with Gasteiger partial charge in [-0.2, -0.15) is 11.8 Å². The van der Waals surface area contributed by atoms with Crippen molar-refractivity contribution in [2.75, 3.05) is 6.26 Å². The summed E-state index contributed by atoms with van der Waals surface area (Å²) in [7, 11) is 0. The summed E-state index contributed by atoms with van der Waals surface area (Å²) in [6, 6.07) is 1.76. The Morgan fingerprint density at radius 2 is 2.27 bits per heavy atom. The molecule has 0 N–H and O–H groups in total. The van der Waals surface area contributed by atoms with E-state index in [1.165, 1.54) is 0 Å². The predicted octanol–water partition coefficient (Wildman–Crippen LogP) is 2.30. The van der Waals surface area contributed by atoms with Gasteiger partial charge in [-0.3, -0.25) is 0 Å². The summed E-state index contributed by atoms with van der Waals surface area (Å²) in [5.74, 6) is 1.63. The highest BCUT2D eigenvalue weighted by Gasteiger charge is 1.98. The minimum absolute atomic E-state index is 0.529. The zero-order chi connectivity index (χ0) is 8.27. The number of aromatic nitrogens is 2. The van der Waals surface area contributed by atoms with Gasteiger partial charge in [0.25, 0.3) is 0 Å². The molecule has 0 saturated heterocycles. The minimum atomic E-state index is 0.529. The highest BCUT2D eigenvalue weighted by molar-refractivity contribution is 7.97. The van der Waals surface area contributed by atoms with Crippen LogP contribution in [0.5, 0.6) is 0 Å². The third-order valence-corrected chi connectivity index (χ3v) is 1.88. The summed E-state index contributed by atoms with van der Waals surface area (Å²) >= 11 is 7.41. The maximum atomic E-state index is 5.73. The van der Waals surface area contributed by atoms with Gasteiger partial charge in [-0.05, 0) is 19.2 Å². The number of hydrogen-bond acceptors (Lipinski definition) is 3. The quantitative estimate of drug-likeness (QED) is 0.667. The van der Waals surface area contributed by atoms with Gasteiger partial charge in [-0.1, -0.05) is 11.6 Å². The Morgan fingerprint density at radius 1 is 1.55 bits per heavy atom. The molecule has 2 nitrogen and oxygen atoms in total. The first kappa shape index (κ1) is 8.81. The van der Waals surface area contributed by atoms with Crippen LogP contribution in [0.2, 0.25) is 5.15 Å². The summed E-state index contributed by atoms with van der Waals surface area (Å²) in [5, 5.41) is 0.529. The van der Waals surface area contributed by atoms with Crippen LogP contribution in [0.4, 0.5) is 0 Å². The van der Waals surface area contributed by atoms with E-state index in [0.717, 1.165) is 17.3 Å². The number of rotatable bonds is 2. The second kappa shape index (κ2) is 3.93. The van der Waals surface area contributed by atoms with E-state index in [1.54, 1.807) is 17.8 Å². The smallest absolute Gasteiger partial charge is 0.140 e. The summed E-state index contributed by atoms with van der Waals surface area (Å²) in [6.07, 6.45) is 2.01. The van der Waals surface area contributed by atoms with Gasteiger partial charge in [0.1, 0.15) is 11.0 Å². The molecule has 1 aromatic heterocycles. The highest BCUT2D eigenvalue weighted by Crippen LogP contribution is 2.09. The third-order valence-electron chi connectivity index (χ3n) is 1.14. The average molecular weight is 189 g/mol. The SMILES string of the molecule is CSCc1nc(C)cc(Cl)n1. The topological polar surface area (TPSA) is 25.8 Å². The molecule has 1 heterocycles. The second-order valence-corrected chi connectivity index (χ2v) is 3.43. The highest BCUT2D eigenvalue weighted by atomic mass is 35.5. The predicted molar refractivity (Wildman–Crippen MR) is 49.0 cm³/mol. The van der Waals surface area contributed by atoms with Crippen molar-refractivity contribution < 1.29 is 0 Å². The molecule has 0 aliphatic heterocycles. The summed E-state index contributed by atoms with van der Waals surface area (Å²) in [4.78, 5) is 8.26. The Labute approximate surface area is 75.4 Å². The number of thioether (sulfide) groups is 1. The van der Waals surface area contributed by atoms with Crippen molar-refractivity contribution in [2.24, 2.45) is 0 Å². The van der Waals surface area contributed by atoms with Crippen LogP contribution in [0.25, 0.3) is 0 Å². The average Bonchev–Trinajstić information content (AvgIpc) is 1.85. The maximum Gasteiger partial charge on any atom is 0.140 e. The molecule has 0 bridgehead atoms. The van der Waals surface area contributed by atoms with Crippen LogP contribution in [-0.2, 0) is 5.75 Å². The van der Waals surface area contributed by atoms with E-state index in [1.807, 2.05) is 13.2 Å². The Morgan fingerprint density at radius 3 is 2.82 bits per heavy atom. The van der Waals surface area contributed by atoms with E-state index >= 15 is 0 Å². The molecule has 0 spiro atoms. The lowest BCUT2D eigenvalue weighted by molar-refractivity contribution is 0.997. The van der Waals surface area contributed by atoms with Crippen molar-refractivity contribution in [1.82, 2.24) is 9.97 Å². The Balaban J connectivity index is 2.89. The molecule has 0 radical (unpaired) electrons. The maximum absolute atomic E-state index is 5.73. The lowest BCUT2D eigenvalue weighted by atomic mass is 10.4. The molecular formula is C7H9ClN2S. The number of hydrogen-bond donors (Lipinski definition) is 0. The third kappa shape index (κ3) is 2.67. The minimum Gasteiger partial charge on any atom is -0.237 e. The van der Waals surface area contributed by atoms with Crippen LogP contribution in [0, 0.1) is 6.92 Å². The van der Waals surface area contributed by atoms with Crippen LogP contribution in [-0.4, -0.2) is 16.2 Å². The number of aryl methyl sites for hydroxylation is 1. The molecule has 1 aromatic rings. The molecule has 0 amide bonds. The van der Waals surface area contributed by atoms with Crippen LogP contribution < -0.4 is 0 Å². The van der Waals surface area contributed by atoms with Crippen molar-refractivity contribution >= 4 is 23.4 Å². The van der Waals surface area contributed by atoms with Crippen molar-refractivity contribution in [3.63, 3.8) is 0 Å². The fourth-order valence-electron chi connectivity index (χ4n) is 0.782. The van der Waals surface area contributed by atoms with E-state index in [2.05, 4.69) is 9.97 Å². The number of halogens is 1. The van der Waals surface area contributed by atoms with Gasteiger partial charge in [-0.25, -0.2) is 9.97 Å². The largest absolute Gasteiger partial charge is 0.237 e. The van der Waals surface area contributed by atoms with E-state index < -0.39 is 0 Å². The molecule has 0 aromatic carbocycles. The molecule has 0 aliphatic rings. The first-order valence-electron chi connectivity index (χ1n) is 3.21. The number of nitrogens with zero attached hydrogens (tertiary/aromatic N) is 2. The fourth-order valence-corrected chi connectivity index (χ4v) is 1.43. The Bertz CT molecular complexity index is 232. The Kier molecular flexibility index (Phi) is 3.15. The molecule has 11 heavy (non-hydrogen) atoms. The van der Waals surface area contributed by atoms with Gasteiger partial charge in [0.2, 0.25) is 0 Å². The zero-order valence-electron chi connectivity index (χ0n) is 6.47. The molecule has 1 rings (SSSR count). The van der Waals surface area contributed by atoms with Gasteiger partial charge in [0.15, 0.2) is 0 Å². The lowest BCUT2D eigenvalue weighted by Crippen LogP contribution is -1.94. The molecule has 4 heteroatoms. The monoisotopic (exact) mass is 188 g/mol. The summed E-state index contributed by atoms with van der Waals surface area (Å²) in [6.45, 7) is 1.91. The molecule has 0 fully saturated rings. The van der Waals surface area contributed by atoms with Crippen LogP contribution >= 0.6 is 23.4 Å². The lowest BCUT2D eigenvalue weighted by Gasteiger charge is -1.98. The molecule has 60 valence electrons. The first-order chi connectivity index (χ1) is 5.22. The summed E-state index contributed by atoms with van der Waals surface area (Å²) < 4.78 is 0. The fraction of sp³-hybridized carbons (Fsp3) is 0.429. The molecule has 0 atom stereocenters. The van der Waals surface area contributed by atoms with E-state index in [9.17, 15) is 0 Å². The van der Waals surface area contributed by atoms with Crippen molar-refractivity contribution in [3.05, 3.63) is 22.7 Å². The van der Waals surface area contributed by atoms with Gasteiger partial charge >= 0.3 is 0 Å². The van der Waals surface area contributed by atoms with Gasteiger partial charge < -0.3 is 0 Å². The Hall–Kier alpha value is -0.280. The second-order valence-electron chi connectivity index (χ2n) is 2.18. The normalized spacial score (nSPS) is 10.1. The van der Waals surface area contributed by atoms with Crippen molar-refractivity contribution in [3.8, 4) is 0 Å². The van der Waals surface area contributed by atoms with E-state index in [4.69, 9.17) is 11.6 Å². The van der Waals surface area contributed by atoms with Crippen LogP contribution in [0.1, 0.15) is 11.5 Å².